The van der Waals surface area contributed by atoms with Crippen LogP contribution in [0.1, 0.15) is 0 Å². The molecule has 0 rings (SSSR count). The first-order chi connectivity index (χ1) is 1.73. The van der Waals surface area contributed by atoms with E-state index >= 15 is 0 Å². The van der Waals surface area contributed by atoms with E-state index < -0.39 is 0 Å². The zero-order chi connectivity index (χ0) is 3.58. The predicted octanol–water partition coefficient (Wildman–Crippen LogP) is -1.63. The van der Waals surface area contributed by atoms with Gasteiger partial charge in [0.15, 0.2) is 0 Å². The van der Waals surface area contributed by atoms with Gasteiger partial charge >= 0.3 is 51.7 Å². The molecule has 0 aliphatic rings. The van der Waals surface area contributed by atoms with Crippen LogP contribution in [0.15, 0.2) is 0 Å². The summed E-state index contributed by atoms with van der Waals surface area (Å²) in [5, 5.41) is -0.351. The molecule has 0 heterocycles. The van der Waals surface area contributed by atoms with Gasteiger partial charge in [-0.3, -0.25) is 0 Å². The van der Waals surface area contributed by atoms with Crippen LogP contribution in [0.5, 0.6) is 0 Å². The molecule has 0 aliphatic heterocycles. The fourth-order valence-corrected chi connectivity index (χ4v) is 0. The molecule has 0 N–H and O–H groups in total. The Hall–Kier alpha value is 1.75. The van der Waals surface area contributed by atoms with Crippen molar-refractivity contribution in [3.63, 3.8) is 0 Å². The van der Waals surface area contributed by atoms with E-state index in [4.69, 9.17) is 0 Å². The Bertz CT molecular complexity index is 29.0. The minimum absolute atomic E-state index is 0.351. The van der Waals surface area contributed by atoms with Crippen LogP contribution in [0.3, 0.4) is 0 Å². The minimum atomic E-state index is -0.351. The van der Waals surface area contributed by atoms with Crippen molar-refractivity contribution in [3.8, 4) is 0 Å². The molecule has 4 heavy (non-hydrogen) atoms. The summed E-state index contributed by atoms with van der Waals surface area (Å²) in [5.74, 6) is 0. The van der Waals surface area contributed by atoms with Gasteiger partial charge in [0.25, 0.3) is 0 Å². The van der Waals surface area contributed by atoms with Crippen LogP contribution in [0.2, 0.25) is 0 Å². The third-order valence-corrected chi connectivity index (χ3v) is 0. The van der Waals surface area contributed by atoms with Crippen LogP contribution in [0.4, 0.5) is 0 Å². The predicted molar refractivity (Wildman–Crippen MR) is 22.4 cm³/mol. The summed E-state index contributed by atoms with van der Waals surface area (Å²) in [4.78, 5) is 0. The van der Waals surface area contributed by atoms with Gasteiger partial charge < -0.3 is 0 Å². The summed E-state index contributed by atoms with van der Waals surface area (Å²) in [6.45, 7) is 0. The van der Waals surface area contributed by atoms with Gasteiger partial charge in [-0.05, 0) is 0 Å². The van der Waals surface area contributed by atoms with Crippen molar-refractivity contribution in [2.45, 2.75) is 0 Å². The van der Waals surface area contributed by atoms with E-state index in [1.54, 1.807) is 0 Å². The van der Waals surface area contributed by atoms with Crippen LogP contribution in [0.25, 0.3) is 0 Å². The maximum atomic E-state index is 9.67. The van der Waals surface area contributed by atoms with Gasteiger partial charge in [-0.25, -0.2) is 0 Å². The Morgan fingerprint density at radius 2 is 1.50 bits per heavy atom. The average Bonchev–Trinajstić information content (AvgIpc) is 0.811. The molecule has 0 amide bonds. The molecule has 0 unspecified atom stereocenters. The zero-order valence-electron chi connectivity index (χ0n) is 1.97. The Balaban J connectivity index is 2.80. The van der Waals surface area contributed by atoms with Crippen molar-refractivity contribution in [2.24, 2.45) is 0 Å². The molecule has 0 aromatic heterocycles. The summed E-state index contributed by atoms with van der Waals surface area (Å²) in [7, 11) is 0. The van der Waals surface area contributed by atoms with E-state index in [1.165, 1.54) is 0 Å². The summed E-state index contributed by atoms with van der Waals surface area (Å²) in [5.41, 5.74) is 0. The van der Waals surface area contributed by atoms with Crippen molar-refractivity contribution in [3.05, 3.63) is 0 Å². The molecule has 4 radical (unpaired) electrons. The van der Waals surface area contributed by atoms with Gasteiger partial charge in [0.1, 0.15) is 0 Å². The van der Waals surface area contributed by atoms with Gasteiger partial charge in [0, 0.05) is 0 Å². The van der Waals surface area contributed by atoms with Crippen molar-refractivity contribution in [1.29, 1.82) is 0 Å². The van der Waals surface area contributed by atoms with Crippen molar-refractivity contribution >= 4 is 47.5 Å². The maximum absolute atomic E-state index is 9.67. The normalized spacial score (nSPS) is 8.75. The van der Waals surface area contributed by atoms with Gasteiger partial charge in [-0.15, -0.1) is 0 Å². The Morgan fingerprint density at radius 1 is 1.50 bits per heavy atom. The molecule has 0 saturated heterocycles. The van der Waals surface area contributed by atoms with E-state index in [2.05, 4.69) is 0 Å². The van der Waals surface area contributed by atoms with Crippen LogP contribution in [-0.2, 0) is 5.17 Å². The van der Waals surface area contributed by atoms with Crippen LogP contribution in [-0.4, -0.2) is 46.5 Å². The molecule has 1 nitrogen and oxygen atoms in total. The molecule has 0 fully saturated rings. The quantitative estimate of drug-likeness (QED) is 0.489. The number of hydrogen-bond acceptors (Lipinski definition) is 1. The van der Waals surface area contributed by atoms with Crippen molar-refractivity contribution in [1.82, 2.24) is 0 Å². The summed E-state index contributed by atoms with van der Waals surface area (Å²) >= 11 is 1.86. The van der Waals surface area contributed by atoms with E-state index in [0.717, 1.165) is 42.3 Å². The van der Waals surface area contributed by atoms with Gasteiger partial charge in [0.2, 0.25) is 0 Å². The number of hydrogen-bond donors (Lipinski definition) is 0. The Kier molecular flexibility index (Phi) is 4.25. The standard InChI is InChI=1S/OS.2Sn.2H/c1-2;;;;. The summed E-state index contributed by atoms with van der Waals surface area (Å²) < 4.78 is 9.67. The topological polar surface area (TPSA) is 17.1 Å². The third kappa shape index (κ3) is 9.26. The van der Waals surface area contributed by atoms with Gasteiger partial charge in [-0.1, -0.05) is 0 Å². The summed E-state index contributed by atoms with van der Waals surface area (Å²) in [6, 6.07) is 0. The Labute approximate surface area is 51.1 Å². The van der Waals surface area contributed by atoms with Crippen molar-refractivity contribution in [2.75, 3.05) is 0 Å². The fourth-order valence-electron chi connectivity index (χ4n) is 0. The zero-order valence-corrected chi connectivity index (χ0v) is 9.38. The molecule has 0 aromatic rings. The monoisotopic (exact) mass is 290 g/mol. The first kappa shape index (κ1) is 5.75. The van der Waals surface area contributed by atoms with Crippen LogP contribution in [0, 0.1) is 0 Å². The second-order valence-corrected chi connectivity index (χ2v) is 22.2. The third-order valence-electron chi connectivity index (χ3n) is 0. The first-order valence-corrected chi connectivity index (χ1v) is 9.99. The van der Waals surface area contributed by atoms with Crippen LogP contribution < -0.4 is 0 Å². The summed E-state index contributed by atoms with van der Waals surface area (Å²) in [6.07, 6.45) is 0. The SMILES string of the molecule is O=[S]([SnH])[SnH]. The molecular weight excluding hydrogens is 285 g/mol. The molecule has 0 bridgehead atoms. The average molecular weight is 288 g/mol. The number of rotatable bonds is 0. The van der Waals surface area contributed by atoms with E-state index in [9.17, 15) is 4.21 Å². The van der Waals surface area contributed by atoms with E-state index in [0.29, 0.717) is 0 Å². The second-order valence-electron chi connectivity index (χ2n) is 0.329. The van der Waals surface area contributed by atoms with E-state index in [1.807, 2.05) is 0 Å². The van der Waals surface area contributed by atoms with Gasteiger partial charge in [-0.2, -0.15) is 0 Å². The van der Waals surface area contributed by atoms with Crippen LogP contribution >= 0.6 is 0 Å². The van der Waals surface area contributed by atoms with Crippen molar-refractivity contribution < 1.29 is 4.21 Å². The fraction of sp³-hybridized carbons (Fsp3) is 0. The second kappa shape index (κ2) is 2.96. The van der Waals surface area contributed by atoms with Gasteiger partial charge in [0.05, 0.1) is 0 Å². The molecular formula is H2OSSn2. The molecule has 0 aliphatic carbocycles. The first-order valence-electron chi connectivity index (χ1n) is 0.638. The molecule has 4 heteroatoms. The molecule has 22 valence electrons. The molecule has 0 atom stereocenters. The molecule has 0 aromatic carbocycles. The molecule has 0 spiro atoms. The molecule has 0 saturated carbocycles. The van der Waals surface area contributed by atoms with E-state index in [-0.39, 0.29) is 5.17 Å². The Morgan fingerprint density at radius 3 is 1.50 bits per heavy atom.